The second-order valence-electron chi connectivity index (χ2n) is 7.26. The Morgan fingerprint density at radius 1 is 1.06 bits per heavy atom. The molecule has 11 nitrogen and oxygen atoms in total. The van der Waals surface area contributed by atoms with E-state index in [0.717, 1.165) is 4.90 Å². The molecule has 166 valence electrons. The van der Waals surface area contributed by atoms with Gasteiger partial charge in [-0.15, -0.1) is 0 Å². The number of anilines is 1. The Hall–Kier alpha value is -4.67. The molecule has 0 spiro atoms. The molecule has 2 N–H and O–H groups in total. The number of nitrogens with zero attached hydrogens (tertiary/aromatic N) is 3. The molecule has 0 fully saturated rings. The lowest BCUT2D eigenvalue weighted by atomic mass is 10.1. The van der Waals surface area contributed by atoms with Crippen LogP contribution in [0.1, 0.15) is 33.6 Å². The van der Waals surface area contributed by atoms with Gasteiger partial charge in [0, 0.05) is 36.3 Å². The Kier molecular flexibility index (Phi) is 5.77. The van der Waals surface area contributed by atoms with E-state index in [-0.39, 0.29) is 42.0 Å². The van der Waals surface area contributed by atoms with Crippen LogP contribution in [0.25, 0.3) is 11.3 Å². The lowest BCUT2D eigenvalue weighted by molar-refractivity contribution is -0.385. The minimum absolute atomic E-state index is 0.00803. The van der Waals surface area contributed by atoms with Crippen molar-refractivity contribution in [1.82, 2.24) is 15.1 Å². The lowest BCUT2D eigenvalue weighted by Gasteiger charge is -2.13. The van der Waals surface area contributed by atoms with E-state index in [4.69, 9.17) is 0 Å². The molecule has 0 aliphatic carbocycles. The van der Waals surface area contributed by atoms with Crippen LogP contribution in [0.3, 0.4) is 0 Å². The zero-order valence-corrected chi connectivity index (χ0v) is 17.1. The number of H-pyrrole nitrogens is 1. The number of nitro groups is 1. The smallest absolute Gasteiger partial charge is 0.282 e. The number of nitrogens with one attached hydrogen (secondary N) is 2. The third-order valence-corrected chi connectivity index (χ3v) is 5.08. The lowest BCUT2D eigenvalue weighted by Crippen LogP contribution is -2.31. The number of nitro benzene ring substituents is 1. The molecule has 4 rings (SSSR count). The number of fused-ring (bicyclic) bond motifs is 1. The van der Waals surface area contributed by atoms with Crippen LogP contribution in [0.4, 0.5) is 11.4 Å². The van der Waals surface area contributed by atoms with Gasteiger partial charge < -0.3 is 5.32 Å². The molecular weight excluding hydrogens is 430 g/mol. The molecule has 33 heavy (non-hydrogen) atoms. The first-order valence-electron chi connectivity index (χ1n) is 9.95. The van der Waals surface area contributed by atoms with Crippen molar-refractivity contribution in [1.29, 1.82) is 0 Å². The first-order valence-corrected chi connectivity index (χ1v) is 9.95. The van der Waals surface area contributed by atoms with E-state index in [0.29, 0.717) is 16.9 Å². The highest BCUT2D eigenvalue weighted by atomic mass is 16.6. The number of rotatable bonds is 7. The van der Waals surface area contributed by atoms with Crippen LogP contribution in [0.15, 0.2) is 59.4 Å². The van der Waals surface area contributed by atoms with Gasteiger partial charge in [0.25, 0.3) is 23.1 Å². The third kappa shape index (κ3) is 4.37. The van der Waals surface area contributed by atoms with Crippen LogP contribution < -0.4 is 10.9 Å². The van der Waals surface area contributed by atoms with Crippen molar-refractivity contribution in [2.45, 2.75) is 12.8 Å². The number of hydrogen-bond acceptors (Lipinski definition) is 7. The Morgan fingerprint density at radius 3 is 2.58 bits per heavy atom. The molecule has 0 saturated heterocycles. The summed E-state index contributed by atoms with van der Waals surface area (Å²) in [5.41, 5.74) is 0.777. The highest BCUT2D eigenvalue weighted by molar-refractivity contribution is 6.23. The van der Waals surface area contributed by atoms with Gasteiger partial charge in [0.15, 0.2) is 0 Å². The molecule has 0 saturated carbocycles. The summed E-state index contributed by atoms with van der Waals surface area (Å²) in [5.74, 6) is -1.67. The van der Waals surface area contributed by atoms with Crippen molar-refractivity contribution >= 4 is 29.1 Å². The summed E-state index contributed by atoms with van der Waals surface area (Å²) in [5, 5.41) is 20.2. The Labute approximate surface area is 186 Å². The van der Waals surface area contributed by atoms with E-state index in [1.807, 2.05) is 0 Å². The van der Waals surface area contributed by atoms with E-state index >= 15 is 0 Å². The summed E-state index contributed by atoms with van der Waals surface area (Å²) in [6.45, 7) is -0.0434. The van der Waals surface area contributed by atoms with E-state index < -0.39 is 22.4 Å². The SMILES string of the molecule is O=C(CCCN1C(=O)c2cccc([N+](=O)[O-])c2C1=O)Nc1cccc(-c2ccc(=O)[nH]n2)c1. The van der Waals surface area contributed by atoms with Crippen LogP contribution in [0.5, 0.6) is 0 Å². The predicted molar refractivity (Wildman–Crippen MR) is 117 cm³/mol. The second-order valence-corrected chi connectivity index (χ2v) is 7.26. The fourth-order valence-corrected chi connectivity index (χ4v) is 3.55. The van der Waals surface area contributed by atoms with E-state index in [9.17, 15) is 29.3 Å². The monoisotopic (exact) mass is 447 g/mol. The average Bonchev–Trinajstić information content (AvgIpc) is 3.04. The number of aromatic amines is 1. The normalized spacial score (nSPS) is 12.5. The molecule has 2 aromatic carbocycles. The molecule has 0 atom stereocenters. The van der Waals surface area contributed by atoms with Crippen LogP contribution in [-0.4, -0.2) is 44.3 Å². The van der Waals surface area contributed by atoms with Gasteiger partial charge in [0.05, 0.1) is 16.2 Å². The summed E-state index contributed by atoms with van der Waals surface area (Å²) in [7, 11) is 0. The van der Waals surface area contributed by atoms with Gasteiger partial charge in [-0.1, -0.05) is 18.2 Å². The molecule has 11 heteroatoms. The molecule has 0 radical (unpaired) electrons. The maximum absolute atomic E-state index is 12.6. The van der Waals surface area contributed by atoms with Gasteiger partial charge in [-0.05, 0) is 30.7 Å². The van der Waals surface area contributed by atoms with E-state index in [1.54, 1.807) is 30.3 Å². The van der Waals surface area contributed by atoms with Gasteiger partial charge in [0.2, 0.25) is 5.91 Å². The van der Waals surface area contributed by atoms with Crippen molar-refractivity contribution < 1.29 is 19.3 Å². The van der Waals surface area contributed by atoms with Crippen LogP contribution in [-0.2, 0) is 4.79 Å². The second kappa shape index (κ2) is 8.83. The Bertz CT molecular complexity index is 1330. The van der Waals surface area contributed by atoms with Crippen LogP contribution >= 0.6 is 0 Å². The maximum Gasteiger partial charge on any atom is 0.282 e. The number of amides is 3. The molecule has 3 aromatic rings. The molecule has 1 aromatic heterocycles. The topological polar surface area (TPSA) is 155 Å². The van der Waals surface area contributed by atoms with Crippen molar-refractivity contribution in [3.05, 3.63) is 86.2 Å². The number of carbonyl (C=O) groups excluding carboxylic acids is 3. The van der Waals surface area contributed by atoms with Gasteiger partial charge >= 0.3 is 0 Å². The third-order valence-electron chi connectivity index (χ3n) is 5.08. The first-order chi connectivity index (χ1) is 15.8. The zero-order valence-electron chi connectivity index (χ0n) is 17.1. The van der Waals surface area contributed by atoms with E-state index in [2.05, 4.69) is 15.5 Å². The molecule has 3 amide bonds. The molecular formula is C22H17N5O6. The van der Waals surface area contributed by atoms with Crippen LogP contribution in [0.2, 0.25) is 0 Å². The van der Waals surface area contributed by atoms with Gasteiger partial charge in [-0.2, -0.15) is 5.10 Å². The van der Waals surface area contributed by atoms with Gasteiger partial charge in [-0.3, -0.25) is 34.2 Å². The predicted octanol–water partition coefficient (Wildman–Crippen LogP) is 2.36. The van der Waals surface area contributed by atoms with Crippen molar-refractivity contribution in [3.63, 3.8) is 0 Å². The Balaban J connectivity index is 1.36. The number of hydrogen-bond donors (Lipinski definition) is 2. The number of imide groups is 1. The van der Waals surface area contributed by atoms with E-state index in [1.165, 1.54) is 24.3 Å². The quantitative estimate of drug-likeness (QED) is 0.320. The molecule has 1 aliphatic heterocycles. The van der Waals surface area contributed by atoms with Crippen LogP contribution in [0, 0.1) is 10.1 Å². The minimum Gasteiger partial charge on any atom is -0.326 e. The maximum atomic E-state index is 12.6. The fraction of sp³-hybridized carbons (Fsp3) is 0.136. The summed E-state index contributed by atoms with van der Waals surface area (Å²) < 4.78 is 0. The highest BCUT2D eigenvalue weighted by Gasteiger charge is 2.40. The average molecular weight is 447 g/mol. The largest absolute Gasteiger partial charge is 0.326 e. The van der Waals surface area contributed by atoms with Crippen molar-refractivity contribution in [2.75, 3.05) is 11.9 Å². The molecule has 1 aliphatic rings. The minimum atomic E-state index is -0.733. The summed E-state index contributed by atoms with van der Waals surface area (Å²) in [4.78, 5) is 60.0. The summed E-state index contributed by atoms with van der Waals surface area (Å²) in [6.07, 6.45) is 0.211. The number of benzene rings is 2. The van der Waals surface area contributed by atoms with Gasteiger partial charge in [0.1, 0.15) is 5.56 Å². The van der Waals surface area contributed by atoms with Crippen molar-refractivity contribution in [2.24, 2.45) is 0 Å². The fourth-order valence-electron chi connectivity index (χ4n) is 3.55. The Morgan fingerprint density at radius 2 is 1.85 bits per heavy atom. The summed E-state index contributed by atoms with van der Waals surface area (Å²) >= 11 is 0. The number of carbonyl (C=O) groups is 3. The first kappa shape index (κ1) is 21.6. The van der Waals surface area contributed by atoms with Crippen molar-refractivity contribution in [3.8, 4) is 11.3 Å². The number of aromatic nitrogens is 2. The summed E-state index contributed by atoms with van der Waals surface area (Å²) in [6, 6.07) is 13.7. The molecule has 0 unspecified atom stereocenters. The zero-order chi connectivity index (χ0) is 23.5. The molecule has 2 heterocycles. The highest BCUT2D eigenvalue weighted by Crippen LogP contribution is 2.30. The standard InChI is InChI=1S/C22H17N5O6/c28-18(23-14-5-1-4-13(12-14)16-9-10-19(29)25-24-16)8-3-11-26-21(30)15-6-2-7-17(27(32)33)20(15)22(26)31/h1-2,4-7,9-10,12H,3,8,11H2,(H,23,28)(H,25,29). The molecule has 0 bridgehead atoms. The van der Waals surface area contributed by atoms with Gasteiger partial charge in [-0.25, -0.2) is 5.10 Å².